The highest BCUT2D eigenvalue weighted by molar-refractivity contribution is 5.81. The Morgan fingerprint density at radius 2 is 1.79 bits per heavy atom. The van der Waals surface area contributed by atoms with E-state index in [9.17, 15) is 9.59 Å². The summed E-state index contributed by atoms with van der Waals surface area (Å²) in [6.45, 7) is 2.01. The van der Waals surface area contributed by atoms with Gasteiger partial charge in [0.15, 0.2) is 0 Å². The smallest absolute Gasteiger partial charge is 0.407 e. The summed E-state index contributed by atoms with van der Waals surface area (Å²) in [6, 6.07) is 7.33. The fraction of sp³-hybridized carbons (Fsp3) is 0.429. The number of alkyl carbamates (subject to hydrolysis) is 1. The van der Waals surface area contributed by atoms with Crippen LogP contribution in [-0.2, 0) is 20.7 Å². The number of rotatable bonds is 5. The molecule has 5 nitrogen and oxygen atoms in total. The maximum absolute atomic E-state index is 11.5. The van der Waals surface area contributed by atoms with Crippen molar-refractivity contribution in [3.63, 3.8) is 0 Å². The summed E-state index contributed by atoms with van der Waals surface area (Å²) < 4.78 is 9.14. The van der Waals surface area contributed by atoms with Gasteiger partial charge in [0.05, 0.1) is 14.2 Å². The van der Waals surface area contributed by atoms with E-state index in [1.165, 1.54) is 19.8 Å². The topological polar surface area (TPSA) is 64.6 Å². The maximum Gasteiger partial charge on any atom is 0.407 e. The summed E-state index contributed by atoms with van der Waals surface area (Å²) in [6.07, 6.45) is 0.494. The largest absolute Gasteiger partial charge is 0.467 e. The number of methoxy groups -OCH3 is 2. The second-order valence-electron chi connectivity index (χ2n) is 4.24. The molecule has 1 aromatic rings. The number of benzene rings is 1. The second kappa shape index (κ2) is 7.41. The Bertz CT molecular complexity index is 428. The average Bonchev–Trinajstić information content (AvgIpc) is 2.43. The van der Waals surface area contributed by atoms with Gasteiger partial charge >= 0.3 is 12.1 Å². The lowest BCUT2D eigenvalue weighted by Crippen LogP contribution is -2.41. The zero-order valence-corrected chi connectivity index (χ0v) is 11.4. The third-order valence-electron chi connectivity index (χ3n) is 2.81. The Labute approximate surface area is 112 Å². The molecule has 0 aliphatic carbocycles. The third-order valence-corrected chi connectivity index (χ3v) is 2.81. The summed E-state index contributed by atoms with van der Waals surface area (Å²) in [7, 11) is 2.55. The van der Waals surface area contributed by atoms with Gasteiger partial charge in [-0.2, -0.15) is 0 Å². The van der Waals surface area contributed by atoms with E-state index in [2.05, 4.69) is 14.8 Å². The molecule has 0 fully saturated rings. The van der Waals surface area contributed by atoms with E-state index in [0.717, 1.165) is 5.56 Å². The Kier molecular flexibility index (Phi) is 5.85. The van der Waals surface area contributed by atoms with Crippen LogP contribution in [0.2, 0.25) is 0 Å². The van der Waals surface area contributed by atoms with Gasteiger partial charge in [-0.15, -0.1) is 0 Å². The van der Waals surface area contributed by atoms with E-state index < -0.39 is 18.1 Å². The molecule has 0 heterocycles. The minimum Gasteiger partial charge on any atom is -0.467 e. The van der Waals surface area contributed by atoms with Gasteiger partial charge in [0.25, 0.3) is 0 Å². The van der Waals surface area contributed by atoms with E-state index in [0.29, 0.717) is 12.8 Å². The van der Waals surface area contributed by atoms with Crippen LogP contribution in [0.25, 0.3) is 0 Å². The van der Waals surface area contributed by atoms with Crippen molar-refractivity contribution in [1.82, 2.24) is 5.32 Å². The van der Waals surface area contributed by atoms with Crippen molar-refractivity contribution in [2.24, 2.45) is 0 Å². The first-order valence-corrected chi connectivity index (χ1v) is 6.04. The third kappa shape index (κ3) is 4.99. The SMILES string of the molecule is COC(=O)N[C@@H](CCc1ccc(C)cc1)C(=O)OC. The van der Waals surface area contributed by atoms with Crippen molar-refractivity contribution in [2.45, 2.75) is 25.8 Å². The number of esters is 1. The molecule has 1 atom stereocenters. The van der Waals surface area contributed by atoms with Crippen molar-refractivity contribution < 1.29 is 19.1 Å². The zero-order valence-electron chi connectivity index (χ0n) is 11.4. The molecule has 5 heteroatoms. The van der Waals surface area contributed by atoms with Gasteiger partial charge < -0.3 is 14.8 Å². The van der Waals surface area contributed by atoms with Gasteiger partial charge in [-0.3, -0.25) is 0 Å². The molecule has 0 aliphatic rings. The fourth-order valence-corrected chi connectivity index (χ4v) is 1.66. The van der Waals surface area contributed by atoms with Crippen molar-refractivity contribution in [2.75, 3.05) is 14.2 Å². The van der Waals surface area contributed by atoms with Gasteiger partial charge in [-0.25, -0.2) is 9.59 Å². The number of hydrogen-bond acceptors (Lipinski definition) is 4. The standard InChI is InChI=1S/C14H19NO4/c1-10-4-6-11(7-5-10)8-9-12(13(16)18-2)15-14(17)19-3/h4-7,12H,8-9H2,1-3H3,(H,15,17)/t12-/m0/s1. The molecule has 0 aromatic heterocycles. The van der Waals surface area contributed by atoms with E-state index in [-0.39, 0.29) is 0 Å². The molecule has 104 valence electrons. The molecule has 0 saturated heterocycles. The first-order valence-electron chi connectivity index (χ1n) is 6.04. The highest BCUT2D eigenvalue weighted by Gasteiger charge is 2.21. The predicted molar refractivity (Wildman–Crippen MR) is 70.8 cm³/mol. The van der Waals surface area contributed by atoms with Crippen LogP contribution in [0.15, 0.2) is 24.3 Å². The normalized spacial score (nSPS) is 11.5. The van der Waals surface area contributed by atoms with Gasteiger partial charge in [0.2, 0.25) is 0 Å². The van der Waals surface area contributed by atoms with Crippen molar-refractivity contribution in [3.8, 4) is 0 Å². The molecule has 1 aromatic carbocycles. The molecule has 0 unspecified atom stereocenters. The zero-order chi connectivity index (χ0) is 14.3. The van der Waals surface area contributed by atoms with Crippen LogP contribution in [0.1, 0.15) is 17.5 Å². The maximum atomic E-state index is 11.5. The molecule has 0 aliphatic heterocycles. The van der Waals surface area contributed by atoms with E-state index in [4.69, 9.17) is 0 Å². The molecule has 0 bridgehead atoms. The summed E-state index contributed by atoms with van der Waals surface area (Å²) in [5.74, 6) is -0.475. The fourth-order valence-electron chi connectivity index (χ4n) is 1.66. The lowest BCUT2D eigenvalue weighted by Gasteiger charge is -2.15. The van der Waals surface area contributed by atoms with E-state index in [1.54, 1.807) is 0 Å². The monoisotopic (exact) mass is 265 g/mol. The summed E-state index contributed by atoms with van der Waals surface area (Å²) in [4.78, 5) is 22.7. The van der Waals surface area contributed by atoms with E-state index >= 15 is 0 Å². The van der Waals surface area contributed by atoms with Gasteiger partial charge in [-0.1, -0.05) is 29.8 Å². The van der Waals surface area contributed by atoms with Crippen molar-refractivity contribution >= 4 is 12.1 Å². The van der Waals surface area contributed by atoms with Crippen LogP contribution < -0.4 is 5.32 Å². The number of carbonyl (C=O) groups is 2. The molecule has 1 N–H and O–H groups in total. The highest BCUT2D eigenvalue weighted by Crippen LogP contribution is 2.08. The Balaban J connectivity index is 2.59. The summed E-state index contributed by atoms with van der Waals surface area (Å²) >= 11 is 0. The molecular weight excluding hydrogens is 246 g/mol. The van der Waals surface area contributed by atoms with Gasteiger partial charge in [0.1, 0.15) is 6.04 Å². The highest BCUT2D eigenvalue weighted by atomic mass is 16.5. The summed E-state index contributed by atoms with van der Waals surface area (Å²) in [5.41, 5.74) is 2.28. The van der Waals surface area contributed by atoms with Crippen LogP contribution >= 0.6 is 0 Å². The van der Waals surface area contributed by atoms with Crippen LogP contribution in [0.5, 0.6) is 0 Å². The van der Waals surface area contributed by atoms with Gasteiger partial charge in [0, 0.05) is 0 Å². The van der Waals surface area contributed by atoms with Crippen LogP contribution in [0.4, 0.5) is 4.79 Å². The van der Waals surface area contributed by atoms with Crippen LogP contribution in [0.3, 0.4) is 0 Å². The lowest BCUT2D eigenvalue weighted by molar-refractivity contribution is -0.143. The predicted octanol–water partition coefficient (Wildman–Crippen LogP) is 1.83. The number of carbonyl (C=O) groups excluding carboxylic acids is 2. The molecule has 19 heavy (non-hydrogen) atoms. The molecular formula is C14H19NO4. The van der Waals surface area contributed by atoms with Crippen molar-refractivity contribution in [1.29, 1.82) is 0 Å². The molecule has 0 radical (unpaired) electrons. The second-order valence-corrected chi connectivity index (χ2v) is 4.24. The number of amides is 1. The lowest BCUT2D eigenvalue weighted by atomic mass is 10.0. The first-order chi connectivity index (χ1) is 9.06. The minimum absolute atomic E-state index is 0.463. The molecule has 0 spiro atoms. The van der Waals surface area contributed by atoms with Crippen molar-refractivity contribution in [3.05, 3.63) is 35.4 Å². The quantitative estimate of drug-likeness (QED) is 0.825. The minimum atomic E-state index is -0.696. The molecule has 1 amide bonds. The average molecular weight is 265 g/mol. The van der Waals surface area contributed by atoms with Crippen LogP contribution in [0, 0.1) is 6.92 Å². The Morgan fingerprint density at radius 1 is 1.16 bits per heavy atom. The number of nitrogens with one attached hydrogen (secondary N) is 1. The number of aryl methyl sites for hydroxylation is 2. The number of hydrogen-bond donors (Lipinski definition) is 1. The Hall–Kier alpha value is -2.04. The first kappa shape index (κ1) is 15.0. The van der Waals surface area contributed by atoms with Gasteiger partial charge in [-0.05, 0) is 25.3 Å². The summed E-state index contributed by atoms with van der Waals surface area (Å²) in [5, 5.41) is 2.46. The van der Waals surface area contributed by atoms with E-state index in [1.807, 2.05) is 31.2 Å². The van der Waals surface area contributed by atoms with Crippen LogP contribution in [-0.4, -0.2) is 32.3 Å². The molecule has 0 saturated carbocycles. The number of ether oxygens (including phenoxy) is 2. The Morgan fingerprint density at radius 3 is 2.32 bits per heavy atom. The molecule has 1 rings (SSSR count).